The van der Waals surface area contributed by atoms with E-state index in [9.17, 15) is 22.8 Å². The third kappa shape index (κ3) is 4.14. The topological polar surface area (TPSA) is 95.3 Å². The number of likely N-dealkylation sites (N-methyl/N-ethyl adjacent to an activating group) is 1. The normalized spacial score (nSPS) is 11.2. The highest BCUT2D eigenvalue weighted by Crippen LogP contribution is 2.19. The molecule has 3 N–H and O–H groups in total. The Labute approximate surface area is 112 Å². The molecule has 0 aliphatic rings. The Bertz CT molecular complexity index is 497. The van der Waals surface area contributed by atoms with Crippen molar-refractivity contribution < 1.29 is 22.8 Å². The molecule has 0 saturated heterocycles. The second-order valence-electron chi connectivity index (χ2n) is 4.26. The summed E-state index contributed by atoms with van der Waals surface area (Å²) >= 11 is 0. The third-order valence-corrected chi connectivity index (χ3v) is 2.36. The molecule has 1 aromatic heterocycles. The highest BCUT2D eigenvalue weighted by atomic mass is 19.4. The van der Waals surface area contributed by atoms with E-state index in [-0.39, 0.29) is 11.4 Å². The standard InChI is InChI=1S/C10H14F3N5O2/c1-17(2)7(19)4-18(5-10(11,12)13)9(20)8-6(14)3-15-16-8/h3H,4-5,14H2,1-2H3,(H,15,16). The zero-order chi connectivity index (χ0) is 15.5. The van der Waals surface area contributed by atoms with Crippen molar-refractivity contribution >= 4 is 17.5 Å². The monoisotopic (exact) mass is 293 g/mol. The van der Waals surface area contributed by atoms with Crippen molar-refractivity contribution in [3.63, 3.8) is 0 Å². The summed E-state index contributed by atoms with van der Waals surface area (Å²) in [6.07, 6.45) is -3.52. The van der Waals surface area contributed by atoms with Crippen molar-refractivity contribution in [1.29, 1.82) is 0 Å². The molecule has 2 amide bonds. The lowest BCUT2D eigenvalue weighted by atomic mass is 10.3. The summed E-state index contributed by atoms with van der Waals surface area (Å²) in [4.78, 5) is 24.9. The number of nitrogen functional groups attached to an aromatic ring is 1. The van der Waals surface area contributed by atoms with Crippen LogP contribution >= 0.6 is 0 Å². The van der Waals surface area contributed by atoms with Crippen molar-refractivity contribution in [3.05, 3.63) is 11.9 Å². The SMILES string of the molecule is CN(C)C(=O)CN(CC(F)(F)F)C(=O)c1[nH]ncc1N. The number of hydrogen-bond donors (Lipinski definition) is 2. The highest BCUT2D eigenvalue weighted by Gasteiger charge is 2.35. The molecule has 1 heterocycles. The van der Waals surface area contributed by atoms with E-state index in [1.54, 1.807) is 0 Å². The van der Waals surface area contributed by atoms with Gasteiger partial charge in [-0.25, -0.2) is 0 Å². The molecule has 7 nitrogen and oxygen atoms in total. The number of aromatic amines is 1. The first kappa shape index (κ1) is 15.8. The fourth-order valence-electron chi connectivity index (χ4n) is 1.35. The lowest BCUT2D eigenvalue weighted by molar-refractivity contribution is -0.146. The first-order chi connectivity index (χ1) is 9.11. The molecule has 0 unspecified atom stereocenters. The largest absolute Gasteiger partial charge is 0.406 e. The Morgan fingerprint density at radius 2 is 2.00 bits per heavy atom. The number of hydrogen-bond acceptors (Lipinski definition) is 4. The molecule has 0 atom stereocenters. The van der Waals surface area contributed by atoms with E-state index in [2.05, 4.69) is 10.2 Å². The summed E-state index contributed by atoms with van der Waals surface area (Å²) in [5.41, 5.74) is 5.05. The molecular formula is C10H14F3N5O2. The van der Waals surface area contributed by atoms with Gasteiger partial charge in [0.2, 0.25) is 5.91 Å². The molecule has 10 heteroatoms. The van der Waals surface area contributed by atoms with E-state index in [0.717, 1.165) is 11.1 Å². The first-order valence-electron chi connectivity index (χ1n) is 5.47. The molecule has 0 aliphatic heterocycles. The molecule has 20 heavy (non-hydrogen) atoms. The van der Waals surface area contributed by atoms with E-state index in [4.69, 9.17) is 5.73 Å². The fraction of sp³-hybridized carbons (Fsp3) is 0.500. The molecule has 1 rings (SSSR count). The van der Waals surface area contributed by atoms with E-state index < -0.39 is 31.1 Å². The van der Waals surface area contributed by atoms with Crippen LogP contribution in [0.25, 0.3) is 0 Å². The summed E-state index contributed by atoms with van der Waals surface area (Å²) < 4.78 is 37.5. The summed E-state index contributed by atoms with van der Waals surface area (Å²) in [5, 5.41) is 5.68. The smallest absolute Gasteiger partial charge is 0.396 e. The number of nitrogens with zero attached hydrogens (tertiary/aromatic N) is 3. The van der Waals surface area contributed by atoms with Crippen LogP contribution in [0.1, 0.15) is 10.5 Å². The van der Waals surface area contributed by atoms with Gasteiger partial charge < -0.3 is 15.5 Å². The number of nitrogens with one attached hydrogen (secondary N) is 1. The summed E-state index contributed by atoms with van der Waals surface area (Å²) in [6, 6.07) is 0. The Morgan fingerprint density at radius 3 is 2.40 bits per heavy atom. The second-order valence-corrected chi connectivity index (χ2v) is 4.26. The number of halogens is 3. The maximum atomic E-state index is 12.5. The second kappa shape index (κ2) is 5.80. The fourth-order valence-corrected chi connectivity index (χ4v) is 1.35. The summed E-state index contributed by atoms with van der Waals surface area (Å²) in [5.74, 6) is -1.67. The van der Waals surface area contributed by atoms with Crippen LogP contribution in [0.4, 0.5) is 18.9 Å². The van der Waals surface area contributed by atoms with Gasteiger partial charge in [-0.3, -0.25) is 14.7 Å². The van der Waals surface area contributed by atoms with Crippen molar-refractivity contribution in [2.45, 2.75) is 6.18 Å². The number of alkyl halides is 3. The maximum Gasteiger partial charge on any atom is 0.406 e. The number of nitrogens with two attached hydrogens (primary N) is 1. The van der Waals surface area contributed by atoms with E-state index in [1.165, 1.54) is 14.1 Å². The van der Waals surface area contributed by atoms with Crippen LogP contribution in [0.3, 0.4) is 0 Å². The first-order valence-corrected chi connectivity index (χ1v) is 5.47. The van der Waals surface area contributed by atoms with Crippen LogP contribution in [0, 0.1) is 0 Å². The predicted molar refractivity (Wildman–Crippen MR) is 63.7 cm³/mol. The number of carbonyl (C=O) groups excluding carboxylic acids is 2. The number of H-pyrrole nitrogens is 1. The predicted octanol–water partition coefficient (Wildman–Crippen LogP) is 0.0846. The van der Waals surface area contributed by atoms with Gasteiger partial charge in [0.15, 0.2) is 0 Å². The van der Waals surface area contributed by atoms with Gasteiger partial charge in [-0.05, 0) is 0 Å². The molecule has 1 aromatic rings. The quantitative estimate of drug-likeness (QED) is 0.822. The van der Waals surface area contributed by atoms with Gasteiger partial charge >= 0.3 is 6.18 Å². The number of carbonyl (C=O) groups is 2. The Balaban J connectivity index is 2.95. The van der Waals surface area contributed by atoms with Crippen LogP contribution in [0.2, 0.25) is 0 Å². The zero-order valence-corrected chi connectivity index (χ0v) is 10.9. The lowest BCUT2D eigenvalue weighted by Gasteiger charge is -2.24. The number of amides is 2. The van der Waals surface area contributed by atoms with Crippen LogP contribution in [0.5, 0.6) is 0 Å². The van der Waals surface area contributed by atoms with Crippen LogP contribution in [-0.2, 0) is 4.79 Å². The molecule has 0 spiro atoms. The van der Waals surface area contributed by atoms with E-state index in [0.29, 0.717) is 4.90 Å². The van der Waals surface area contributed by atoms with Crippen LogP contribution in [-0.4, -0.2) is 65.2 Å². The number of anilines is 1. The Morgan fingerprint density at radius 1 is 1.40 bits per heavy atom. The summed E-state index contributed by atoms with van der Waals surface area (Å²) in [6.45, 7) is -2.26. The molecule has 0 saturated carbocycles. The average Bonchev–Trinajstić information content (AvgIpc) is 2.71. The van der Waals surface area contributed by atoms with E-state index >= 15 is 0 Å². The van der Waals surface area contributed by atoms with Crippen LogP contribution < -0.4 is 5.73 Å². The zero-order valence-electron chi connectivity index (χ0n) is 10.9. The van der Waals surface area contributed by atoms with Crippen molar-refractivity contribution in [1.82, 2.24) is 20.0 Å². The van der Waals surface area contributed by atoms with Gasteiger partial charge in [-0.1, -0.05) is 0 Å². The number of aromatic nitrogens is 2. The minimum absolute atomic E-state index is 0.0838. The minimum Gasteiger partial charge on any atom is -0.396 e. The van der Waals surface area contributed by atoms with Gasteiger partial charge in [-0.15, -0.1) is 0 Å². The molecule has 0 fully saturated rings. The molecule has 112 valence electrons. The molecular weight excluding hydrogens is 279 g/mol. The van der Waals surface area contributed by atoms with Crippen molar-refractivity contribution in [2.24, 2.45) is 0 Å². The van der Waals surface area contributed by atoms with E-state index in [1.807, 2.05) is 0 Å². The molecule has 0 radical (unpaired) electrons. The highest BCUT2D eigenvalue weighted by molar-refractivity contribution is 5.98. The van der Waals surface area contributed by atoms with Gasteiger partial charge in [0, 0.05) is 14.1 Å². The molecule has 0 aliphatic carbocycles. The van der Waals surface area contributed by atoms with Gasteiger partial charge in [0.1, 0.15) is 18.8 Å². The minimum atomic E-state index is -4.63. The van der Waals surface area contributed by atoms with Gasteiger partial charge in [0.05, 0.1) is 11.9 Å². The van der Waals surface area contributed by atoms with Crippen molar-refractivity contribution in [2.75, 3.05) is 32.9 Å². The third-order valence-electron chi connectivity index (χ3n) is 2.36. The van der Waals surface area contributed by atoms with Crippen molar-refractivity contribution in [3.8, 4) is 0 Å². The van der Waals surface area contributed by atoms with Crippen LogP contribution in [0.15, 0.2) is 6.20 Å². The van der Waals surface area contributed by atoms with Gasteiger partial charge in [-0.2, -0.15) is 18.3 Å². The Kier molecular flexibility index (Phi) is 4.58. The lowest BCUT2D eigenvalue weighted by Crippen LogP contribution is -2.45. The van der Waals surface area contributed by atoms with Gasteiger partial charge in [0.25, 0.3) is 5.91 Å². The number of rotatable bonds is 4. The average molecular weight is 293 g/mol. The Hall–Kier alpha value is -2.26. The molecule has 0 bridgehead atoms. The summed E-state index contributed by atoms with van der Waals surface area (Å²) in [7, 11) is 2.76. The maximum absolute atomic E-state index is 12.5. The molecule has 0 aromatic carbocycles.